The molecule has 0 radical (unpaired) electrons. The van der Waals surface area contributed by atoms with Crippen LogP contribution in [0, 0.1) is 0 Å². The lowest BCUT2D eigenvalue weighted by Crippen LogP contribution is -2.44. The molecule has 0 fully saturated rings. The number of carboxylic acid groups (broad SMARTS) is 1. The summed E-state index contributed by atoms with van der Waals surface area (Å²) in [5.74, 6) is -1.01. The maximum Gasteiger partial charge on any atom is 0.402 e. The second-order valence-electron chi connectivity index (χ2n) is 3.74. The lowest BCUT2D eigenvalue weighted by atomic mass is 10.1. The van der Waals surface area contributed by atoms with Crippen LogP contribution in [0.15, 0.2) is 0 Å². The van der Waals surface area contributed by atoms with E-state index < -0.39 is 34.9 Å². The quantitative estimate of drug-likeness (QED) is 0.611. The molecule has 6 nitrogen and oxygen atoms in total. The van der Waals surface area contributed by atoms with Gasteiger partial charge in [-0.05, 0) is 19.8 Å². The van der Waals surface area contributed by atoms with Crippen molar-refractivity contribution < 1.29 is 31.5 Å². The van der Waals surface area contributed by atoms with Gasteiger partial charge in [0.05, 0.1) is 0 Å². The smallest absolute Gasteiger partial charge is 0.402 e. The molecule has 18 heavy (non-hydrogen) atoms. The van der Waals surface area contributed by atoms with Crippen LogP contribution < -0.4 is 9.44 Å². The van der Waals surface area contributed by atoms with E-state index in [1.807, 2.05) is 4.72 Å². The average Bonchev–Trinajstić information content (AvgIpc) is 2.12. The van der Waals surface area contributed by atoms with Gasteiger partial charge in [-0.15, -0.1) is 0 Å². The lowest BCUT2D eigenvalue weighted by Gasteiger charge is -2.15. The highest BCUT2D eigenvalue weighted by Crippen LogP contribution is 2.12. The highest BCUT2D eigenvalue weighted by molar-refractivity contribution is 7.87. The molecule has 0 aliphatic rings. The molecule has 0 saturated heterocycles. The van der Waals surface area contributed by atoms with E-state index in [9.17, 15) is 26.4 Å². The molecule has 0 aliphatic carbocycles. The van der Waals surface area contributed by atoms with Crippen molar-refractivity contribution in [3.05, 3.63) is 0 Å². The first kappa shape index (κ1) is 17.1. The minimum atomic E-state index is -4.62. The van der Waals surface area contributed by atoms with E-state index in [0.29, 0.717) is 0 Å². The minimum absolute atomic E-state index is 0.123. The zero-order valence-electron chi connectivity index (χ0n) is 9.62. The summed E-state index contributed by atoms with van der Waals surface area (Å²) in [5.41, 5.74) is 0. The van der Waals surface area contributed by atoms with Gasteiger partial charge in [0.2, 0.25) is 0 Å². The van der Waals surface area contributed by atoms with E-state index in [-0.39, 0.29) is 19.3 Å². The largest absolute Gasteiger partial charge is 0.481 e. The summed E-state index contributed by atoms with van der Waals surface area (Å²) in [6.45, 7) is -0.209. The Labute approximate surface area is 103 Å². The van der Waals surface area contributed by atoms with Gasteiger partial charge in [-0.2, -0.15) is 31.0 Å². The summed E-state index contributed by atoms with van der Waals surface area (Å²) in [7, 11) is -4.23. The number of nitrogens with one attached hydrogen (secondary N) is 2. The van der Waals surface area contributed by atoms with Crippen molar-refractivity contribution in [3.63, 3.8) is 0 Å². The Balaban J connectivity index is 4.04. The number of hydrogen-bond donors (Lipinski definition) is 3. The molecule has 0 spiro atoms. The second-order valence-corrected chi connectivity index (χ2v) is 5.28. The highest BCUT2D eigenvalue weighted by atomic mass is 32.2. The van der Waals surface area contributed by atoms with E-state index in [1.54, 1.807) is 0 Å². The lowest BCUT2D eigenvalue weighted by molar-refractivity contribution is -0.137. The third kappa shape index (κ3) is 10.3. The fourth-order valence-corrected chi connectivity index (χ4v) is 2.19. The fourth-order valence-electron chi connectivity index (χ4n) is 1.10. The van der Waals surface area contributed by atoms with Crippen molar-refractivity contribution in [2.45, 2.75) is 38.4 Å². The van der Waals surface area contributed by atoms with Gasteiger partial charge < -0.3 is 5.11 Å². The van der Waals surface area contributed by atoms with Crippen molar-refractivity contribution in [2.24, 2.45) is 0 Å². The van der Waals surface area contributed by atoms with Gasteiger partial charge in [-0.3, -0.25) is 4.79 Å². The number of hydrogen-bond acceptors (Lipinski definition) is 3. The monoisotopic (exact) mass is 292 g/mol. The van der Waals surface area contributed by atoms with Crippen LogP contribution in [0.4, 0.5) is 13.2 Å². The van der Waals surface area contributed by atoms with Gasteiger partial charge in [0.25, 0.3) is 10.2 Å². The van der Waals surface area contributed by atoms with Crippen LogP contribution in [0.3, 0.4) is 0 Å². The summed E-state index contributed by atoms with van der Waals surface area (Å²) in [5, 5.41) is 8.36. The summed E-state index contributed by atoms with van der Waals surface area (Å²) >= 11 is 0. The van der Waals surface area contributed by atoms with Crippen molar-refractivity contribution in [3.8, 4) is 0 Å². The maximum absolute atomic E-state index is 11.8. The minimum Gasteiger partial charge on any atom is -0.481 e. The Morgan fingerprint density at radius 1 is 1.39 bits per heavy atom. The Bertz CT molecular complexity index is 369. The van der Waals surface area contributed by atoms with Gasteiger partial charge in [0, 0.05) is 12.5 Å². The summed E-state index contributed by atoms with van der Waals surface area (Å²) in [6, 6.07) is -0.643. The molecular formula is C8H15F3N2O4S. The Morgan fingerprint density at radius 3 is 2.39 bits per heavy atom. The van der Waals surface area contributed by atoms with Crippen LogP contribution in [-0.2, 0) is 15.0 Å². The summed E-state index contributed by atoms with van der Waals surface area (Å²) in [6.07, 6.45) is -4.29. The molecule has 10 heteroatoms. The topological polar surface area (TPSA) is 95.5 Å². The molecule has 1 atom stereocenters. The van der Waals surface area contributed by atoms with Gasteiger partial charge in [0.1, 0.15) is 6.54 Å². The predicted octanol–water partition coefficient (Wildman–Crippen LogP) is 0.616. The van der Waals surface area contributed by atoms with E-state index in [2.05, 4.69) is 0 Å². The fraction of sp³-hybridized carbons (Fsp3) is 0.875. The van der Waals surface area contributed by atoms with Crippen molar-refractivity contribution in [1.29, 1.82) is 0 Å². The molecule has 0 aromatic heterocycles. The maximum atomic E-state index is 11.8. The first-order valence-electron chi connectivity index (χ1n) is 5.07. The van der Waals surface area contributed by atoms with Crippen molar-refractivity contribution >= 4 is 16.2 Å². The molecule has 0 amide bonds. The van der Waals surface area contributed by atoms with Crippen LogP contribution in [0.25, 0.3) is 0 Å². The molecule has 0 aromatic rings. The predicted molar refractivity (Wildman–Crippen MR) is 57.1 cm³/mol. The highest BCUT2D eigenvalue weighted by Gasteiger charge is 2.29. The molecule has 0 heterocycles. The van der Waals surface area contributed by atoms with E-state index in [1.165, 1.54) is 11.6 Å². The van der Waals surface area contributed by atoms with Crippen LogP contribution >= 0.6 is 0 Å². The molecule has 0 rings (SSSR count). The molecule has 0 saturated carbocycles. The molecule has 1 unspecified atom stereocenters. The first-order chi connectivity index (χ1) is 8.02. The van der Waals surface area contributed by atoms with Gasteiger partial charge in [0.15, 0.2) is 0 Å². The van der Waals surface area contributed by atoms with Crippen LogP contribution in [0.5, 0.6) is 0 Å². The normalized spacial score (nSPS) is 14.4. The summed E-state index contributed by atoms with van der Waals surface area (Å²) < 4.78 is 61.0. The molecule has 0 aliphatic heterocycles. The average molecular weight is 292 g/mol. The molecule has 0 aromatic carbocycles. The number of carbonyl (C=O) groups is 1. The number of rotatable bonds is 8. The molecule has 0 bridgehead atoms. The Morgan fingerprint density at radius 2 is 1.94 bits per heavy atom. The number of carboxylic acids is 1. The van der Waals surface area contributed by atoms with Crippen LogP contribution in [0.1, 0.15) is 26.2 Å². The Hall–Kier alpha value is -0.870. The summed E-state index contributed by atoms with van der Waals surface area (Å²) in [4.78, 5) is 10.2. The van der Waals surface area contributed by atoms with E-state index >= 15 is 0 Å². The Kier molecular flexibility index (Phi) is 6.57. The number of halogens is 3. The van der Waals surface area contributed by atoms with Gasteiger partial charge in [-0.25, -0.2) is 0 Å². The standard InChI is InChI=1S/C8H15F3N2O4S/c1-6(3-2-4-7(14)15)13-18(16,17)12-5-8(9,10)11/h6,12-13H,2-5H2,1H3,(H,14,15). The molecule has 3 N–H and O–H groups in total. The number of aliphatic carboxylic acids is 1. The van der Waals surface area contributed by atoms with Crippen molar-refractivity contribution in [2.75, 3.05) is 6.54 Å². The van der Waals surface area contributed by atoms with Crippen LogP contribution in [0.2, 0.25) is 0 Å². The molecular weight excluding hydrogens is 277 g/mol. The van der Waals surface area contributed by atoms with Crippen LogP contribution in [-0.4, -0.2) is 38.3 Å². The van der Waals surface area contributed by atoms with E-state index in [0.717, 1.165) is 0 Å². The zero-order valence-corrected chi connectivity index (χ0v) is 10.4. The van der Waals surface area contributed by atoms with Crippen molar-refractivity contribution in [1.82, 2.24) is 9.44 Å². The van der Waals surface area contributed by atoms with Gasteiger partial charge in [-0.1, -0.05) is 0 Å². The number of alkyl halides is 3. The second kappa shape index (κ2) is 6.90. The third-order valence-corrected chi connectivity index (χ3v) is 3.08. The van der Waals surface area contributed by atoms with E-state index in [4.69, 9.17) is 5.11 Å². The molecule has 108 valence electrons. The zero-order chi connectivity index (χ0) is 14.4. The third-order valence-electron chi connectivity index (χ3n) is 1.85. The first-order valence-corrected chi connectivity index (χ1v) is 6.55. The van der Waals surface area contributed by atoms with Gasteiger partial charge >= 0.3 is 12.1 Å². The SMILES string of the molecule is CC(CCCC(=O)O)NS(=O)(=O)NCC(F)(F)F.